The molecule has 32 heteroatoms. The zero-order valence-corrected chi connectivity index (χ0v) is 64.5. The van der Waals surface area contributed by atoms with Gasteiger partial charge in [0, 0.05) is 105 Å². The summed E-state index contributed by atoms with van der Waals surface area (Å²) in [7, 11) is -5.20. The molecule has 0 saturated heterocycles. The number of oxime groups is 1. The molecule has 0 radical (unpaired) electrons. The van der Waals surface area contributed by atoms with E-state index in [1.807, 2.05) is 54.6 Å². The molecule has 12 rings (SSSR count). The Labute approximate surface area is 662 Å². The Hall–Kier alpha value is -12.0. The number of benzene rings is 6. The number of carbonyl (C=O) groups excluding carboxylic acids is 4. The molecule has 574 valence electrons. The van der Waals surface area contributed by atoms with Crippen molar-refractivity contribution in [2.45, 2.75) is 44.6 Å². The number of carbonyl (C=O) groups is 4. The number of aliphatic hydroxyl groups is 1. The van der Waals surface area contributed by atoms with Crippen LogP contribution in [0.1, 0.15) is 83.5 Å². The van der Waals surface area contributed by atoms with E-state index in [0.29, 0.717) is 116 Å². The number of sulfone groups is 1. The molecule has 6 aromatic heterocycles. The van der Waals surface area contributed by atoms with Crippen molar-refractivity contribution >= 4 is 124 Å². The minimum absolute atomic E-state index is 0.0231. The Morgan fingerprint density at radius 3 is 1.29 bits per heavy atom. The summed E-state index contributed by atoms with van der Waals surface area (Å²) in [5.74, 6) is -1.46. The maximum absolute atomic E-state index is 12.7. The van der Waals surface area contributed by atoms with Crippen LogP contribution in [0.25, 0.3) is 45.0 Å². The van der Waals surface area contributed by atoms with Gasteiger partial charge in [-0.05, 0) is 208 Å². The number of anilines is 5. The fourth-order valence-electron chi connectivity index (χ4n) is 10.1. The molecule has 23 nitrogen and oxygen atoms in total. The van der Waals surface area contributed by atoms with E-state index in [-0.39, 0.29) is 47.2 Å². The molecule has 12 aromatic rings. The number of aliphatic hydroxyl groups excluding tert-OH is 1. The first-order valence-corrected chi connectivity index (χ1v) is 38.5. The summed E-state index contributed by atoms with van der Waals surface area (Å²) in [6.45, 7) is 4.36. The van der Waals surface area contributed by atoms with Gasteiger partial charge in [0.05, 0.1) is 83.0 Å². The first kappa shape index (κ1) is 84.0. The number of nitrogens with one attached hydrogen (secondary N) is 5. The van der Waals surface area contributed by atoms with Gasteiger partial charge >= 0.3 is 6.18 Å². The topological polar surface area (TPSA) is 342 Å². The van der Waals surface area contributed by atoms with Gasteiger partial charge in [0.2, 0.25) is 10.0 Å². The quantitative estimate of drug-likeness (QED) is 0.0212. The minimum Gasteiger partial charge on any atom is -0.397 e. The maximum atomic E-state index is 12.7. The number of rotatable bonds is 20. The molecule has 0 spiro atoms. The number of hydrogen-bond acceptors (Lipinski definition) is 17. The van der Waals surface area contributed by atoms with Crippen LogP contribution in [-0.4, -0.2) is 99.9 Å². The molecule has 0 aliphatic heterocycles. The van der Waals surface area contributed by atoms with Crippen LogP contribution in [-0.2, 0) is 43.2 Å². The molecule has 8 N–H and O–H groups in total. The molecule has 0 aliphatic rings. The van der Waals surface area contributed by atoms with Gasteiger partial charge in [-0.3, -0.25) is 48.8 Å². The van der Waals surface area contributed by atoms with E-state index in [1.165, 1.54) is 32.5 Å². The van der Waals surface area contributed by atoms with Crippen LogP contribution in [0.3, 0.4) is 0 Å². The summed E-state index contributed by atoms with van der Waals surface area (Å²) in [5.41, 5.74) is 15.4. The molecule has 6 aromatic carbocycles. The Balaban J connectivity index is 0.000000172. The fourth-order valence-corrected chi connectivity index (χ4v) is 12.3. The molecule has 0 bridgehead atoms. The number of alkyl halides is 3. The molecule has 6 heterocycles. The van der Waals surface area contributed by atoms with Gasteiger partial charge in [-0.15, -0.1) is 0 Å². The number of hydrogen-bond donors (Lipinski definition) is 7. The molecule has 0 saturated carbocycles. The average molecular weight is 1630 g/mol. The highest BCUT2D eigenvalue weighted by Gasteiger charge is 2.33. The highest BCUT2D eigenvalue weighted by atomic mass is 35.5. The Morgan fingerprint density at radius 1 is 0.500 bits per heavy atom. The van der Waals surface area contributed by atoms with E-state index < -0.39 is 42.9 Å². The van der Waals surface area contributed by atoms with Crippen molar-refractivity contribution < 1.29 is 59.1 Å². The minimum atomic E-state index is -4.58. The summed E-state index contributed by atoms with van der Waals surface area (Å²) in [5, 5.41) is 25.5. The van der Waals surface area contributed by atoms with E-state index in [0.717, 1.165) is 29.6 Å². The van der Waals surface area contributed by atoms with Gasteiger partial charge in [-0.25, -0.2) is 21.8 Å². The normalized spacial score (nSPS) is 11.2. The summed E-state index contributed by atoms with van der Waals surface area (Å²) >= 11 is 25.0. The van der Waals surface area contributed by atoms with Crippen molar-refractivity contribution in [2.75, 3.05) is 39.4 Å². The third-order valence-corrected chi connectivity index (χ3v) is 19.7. The third kappa shape index (κ3) is 24.0. The van der Waals surface area contributed by atoms with E-state index in [9.17, 15) is 54.3 Å². The molecular weight excluding hydrogens is 1570 g/mol. The van der Waals surface area contributed by atoms with E-state index in [4.69, 9.17) is 52.1 Å². The van der Waals surface area contributed by atoms with Crippen molar-refractivity contribution in [3.63, 3.8) is 0 Å². The van der Waals surface area contributed by atoms with Crippen molar-refractivity contribution in [1.82, 2.24) is 29.9 Å². The fraction of sp³-hybridized carbons (Fsp3) is 0.113. The molecule has 112 heavy (non-hydrogen) atoms. The van der Waals surface area contributed by atoms with Crippen molar-refractivity contribution in [1.29, 1.82) is 0 Å². The number of sulfonamides is 1. The second kappa shape index (κ2) is 38.6. The number of nitrogens with two attached hydrogens (primary N) is 1. The molecular formula is C80H68Cl4F3N13O10S2. The maximum Gasteiger partial charge on any atom is 0.433 e. The number of halogens is 7. The molecule has 0 fully saturated rings. The largest absolute Gasteiger partial charge is 0.433 e. The van der Waals surface area contributed by atoms with Crippen molar-refractivity contribution in [2.24, 2.45) is 10.9 Å². The van der Waals surface area contributed by atoms with E-state index >= 15 is 0 Å². The van der Waals surface area contributed by atoms with Crippen LogP contribution in [0, 0.1) is 6.92 Å². The first-order valence-electron chi connectivity index (χ1n) is 33.4. The standard InChI is InChI=1S/C21H20ClN3O3S.C20H15ClF3N3O2.C20H17ClN4O2.C19H16ClN3O3S/c1-14(2)29(27,28)25-16-8-6-15(7-9-16)21(26)24-17-10-11-19(22)18(13-17)20-5-3-4-12-23-20;1-11-14(3-5-18(26-11)20(22,23)24)19(29)27-13-2-4-16(21)15(9-13)17-8-12(10-28)6-7-25-17;1-27-25-19(22)13-5-7-14(8-6-13)20(26)24-15-9-10-17(21)16(12-15)18-4-2-3-11-23-18;1-27(25,26)12-15-6-5-13(11-22-15)19(24)23-14-7-8-17(20)16(10-14)18-4-2-3-9-21-18/h3-14,25H,1-2H3,(H,24,26);2-9,28H,10H2,1H3,(H,27,29);2-12H,1H3,(H2,22,25)(H,24,26);2-11H,12H2,1H3,(H,23,24). The number of aryl methyl sites for hydroxylation is 1. The van der Waals surface area contributed by atoms with E-state index in [2.05, 4.69) is 65.9 Å². The van der Waals surface area contributed by atoms with Gasteiger partial charge in [0.15, 0.2) is 15.7 Å². The zero-order valence-electron chi connectivity index (χ0n) is 59.9. The molecule has 0 aliphatic carbocycles. The summed E-state index contributed by atoms with van der Waals surface area (Å²) in [6.07, 6.45) is 4.46. The lowest BCUT2D eigenvalue weighted by atomic mass is 10.1. The lowest BCUT2D eigenvalue weighted by Crippen LogP contribution is -2.22. The first-order chi connectivity index (χ1) is 53.3. The average Bonchev–Trinajstić information content (AvgIpc) is 0.820. The second-order valence-electron chi connectivity index (χ2n) is 24.4. The number of amides is 4. The zero-order chi connectivity index (χ0) is 80.9. The molecule has 0 atom stereocenters. The summed E-state index contributed by atoms with van der Waals surface area (Å²) < 4.78 is 87.2. The lowest BCUT2D eigenvalue weighted by Gasteiger charge is -2.12. The van der Waals surface area contributed by atoms with Crippen LogP contribution in [0.2, 0.25) is 20.1 Å². The monoisotopic (exact) mass is 1630 g/mol. The SMILES string of the molecule is CC(C)S(=O)(=O)Nc1ccc(C(=O)Nc2ccc(Cl)c(-c3ccccn3)c2)cc1.CON=C(N)c1ccc(C(=O)Nc2ccc(Cl)c(-c3ccccn3)c2)cc1.CS(=O)(=O)Cc1ccc(C(=O)Nc2ccc(Cl)c(-c3ccccn3)c2)cn1.Cc1nc(C(F)(F)F)ccc1C(=O)Nc1ccc(Cl)c(-c2cc(CO)ccn2)c1. The van der Waals surface area contributed by atoms with Crippen LogP contribution >= 0.6 is 46.4 Å². The summed E-state index contributed by atoms with van der Waals surface area (Å²) in [4.78, 5) is 79.2. The van der Waals surface area contributed by atoms with Gasteiger partial charge in [0.1, 0.15) is 12.8 Å². The molecule has 0 unspecified atom stereocenters. The van der Waals surface area contributed by atoms with Crippen molar-refractivity contribution in [3.05, 3.63) is 314 Å². The van der Waals surface area contributed by atoms with Gasteiger partial charge in [-0.2, -0.15) is 13.2 Å². The smallest absolute Gasteiger partial charge is 0.397 e. The van der Waals surface area contributed by atoms with Crippen LogP contribution < -0.4 is 31.7 Å². The van der Waals surface area contributed by atoms with Crippen LogP contribution in [0.4, 0.5) is 41.6 Å². The number of aromatic nitrogens is 6. The number of pyridine rings is 6. The molecule has 4 amide bonds. The Morgan fingerprint density at radius 2 is 0.902 bits per heavy atom. The number of amidine groups is 1. The van der Waals surface area contributed by atoms with E-state index in [1.54, 1.807) is 172 Å². The highest BCUT2D eigenvalue weighted by Crippen LogP contribution is 2.35. The number of nitrogens with zero attached hydrogens (tertiary/aromatic N) is 7. The van der Waals surface area contributed by atoms with Gasteiger partial charge in [-0.1, -0.05) is 81.9 Å². The lowest BCUT2D eigenvalue weighted by molar-refractivity contribution is -0.141. The van der Waals surface area contributed by atoms with Crippen molar-refractivity contribution in [3.8, 4) is 45.0 Å². The van der Waals surface area contributed by atoms with Crippen LogP contribution in [0.5, 0.6) is 0 Å². The highest BCUT2D eigenvalue weighted by molar-refractivity contribution is 7.93. The van der Waals surface area contributed by atoms with Gasteiger partial charge < -0.3 is 36.9 Å². The third-order valence-electron chi connectivity index (χ3n) is 15.8. The predicted octanol–water partition coefficient (Wildman–Crippen LogP) is 17.2. The Bertz CT molecular complexity index is 5620. The van der Waals surface area contributed by atoms with Gasteiger partial charge in [0.25, 0.3) is 23.6 Å². The predicted molar refractivity (Wildman–Crippen MR) is 432 cm³/mol. The second-order valence-corrected chi connectivity index (χ2v) is 30.4. The van der Waals surface area contributed by atoms with Crippen LogP contribution in [0.15, 0.2) is 248 Å². The Kier molecular flexibility index (Phi) is 28.9. The summed E-state index contributed by atoms with van der Waals surface area (Å²) in [6, 6.07) is 58.0.